The summed E-state index contributed by atoms with van der Waals surface area (Å²) < 4.78 is 6.09. The monoisotopic (exact) mass is 433 g/mol. The number of hydrogen-bond acceptors (Lipinski definition) is 3. The zero-order valence-corrected chi connectivity index (χ0v) is 17.3. The molecule has 0 fully saturated rings. The molecule has 0 aliphatic heterocycles. The molecule has 7 heteroatoms. The maximum Gasteiger partial charge on any atom is 0.408 e. The van der Waals surface area contributed by atoms with Crippen molar-refractivity contribution in [2.75, 3.05) is 0 Å². The molecule has 1 aromatic carbocycles. The molecule has 0 saturated carbocycles. The molecule has 0 heterocycles. The van der Waals surface area contributed by atoms with Gasteiger partial charge in [0.05, 0.1) is 0 Å². The van der Waals surface area contributed by atoms with E-state index in [0.717, 1.165) is 10.0 Å². The first-order valence-corrected chi connectivity index (χ1v) is 9.34. The summed E-state index contributed by atoms with van der Waals surface area (Å²) >= 11 is 9.56. The summed E-state index contributed by atoms with van der Waals surface area (Å²) in [5.74, 6) is -1.08. The summed E-state index contributed by atoms with van der Waals surface area (Å²) in [6.45, 7) is 7.07. The molecule has 0 aliphatic carbocycles. The standard InChI is InChI=1S/C18H25BrClNO4/c1-5-9-18(15(22)23,21-16(24)25-17(2,3)4)10-8-12-6-7-13(19)11-14(12)20/h6-7,11H,5,8-10H2,1-4H3,(H,21,24)(H,22,23)/t18-/m0/s1. The van der Waals surface area contributed by atoms with Crippen LogP contribution in [0.5, 0.6) is 0 Å². The quantitative estimate of drug-likeness (QED) is 0.619. The van der Waals surface area contributed by atoms with Gasteiger partial charge in [0.25, 0.3) is 0 Å². The number of rotatable bonds is 7. The number of ether oxygens (including phenoxy) is 1. The molecule has 25 heavy (non-hydrogen) atoms. The number of nitrogens with one attached hydrogen (secondary N) is 1. The van der Waals surface area contributed by atoms with Crippen LogP contribution in [0.1, 0.15) is 52.5 Å². The topological polar surface area (TPSA) is 75.6 Å². The highest BCUT2D eigenvalue weighted by atomic mass is 79.9. The van der Waals surface area contributed by atoms with E-state index in [1.165, 1.54) is 0 Å². The Labute approximate surface area is 162 Å². The first-order chi connectivity index (χ1) is 11.5. The van der Waals surface area contributed by atoms with E-state index in [4.69, 9.17) is 16.3 Å². The maximum absolute atomic E-state index is 12.1. The summed E-state index contributed by atoms with van der Waals surface area (Å²) in [5.41, 5.74) is -1.26. The fourth-order valence-corrected chi connectivity index (χ4v) is 3.28. The van der Waals surface area contributed by atoms with Gasteiger partial charge in [0.1, 0.15) is 11.1 Å². The Morgan fingerprint density at radius 2 is 1.92 bits per heavy atom. The smallest absolute Gasteiger partial charge is 0.408 e. The van der Waals surface area contributed by atoms with Crippen LogP contribution in [0.3, 0.4) is 0 Å². The predicted molar refractivity (Wildman–Crippen MR) is 102 cm³/mol. The minimum atomic E-state index is -1.40. The molecule has 0 bridgehead atoms. The first-order valence-electron chi connectivity index (χ1n) is 8.17. The third-order valence-corrected chi connectivity index (χ3v) is 4.51. The number of carbonyl (C=O) groups is 2. The van der Waals surface area contributed by atoms with Gasteiger partial charge in [0, 0.05) is 9.50 Å². The summed E-state index contributed by atoms with van der Waals surface area (Å²) in [7, 11) is 0. The number of benzene rings is 1. The van der Waals surface area contributed by atoms with Crippen LogP contribution in [-0.2, 0) is 16.0 Å². The minimum Gasteiger partial charge on any atom is -0.480 e. The second-order valence-corrected chi connectivity index (χ2v) is 8.32. The average Bonchev–Trinajstić information content (AvgIpc) is 2.43. The highest BCUT2D eigenvalue weighted by Gasteiger charge is 2.40. The molecule has 5 nitrogen and oxygen atoms in total. The van der Waals surface area contributed by atoms with Gasteiger partial charge in [0.2, 0.25) is 0 Å². The number of carboxylic acids is 1. The Kier molecular flexibility index (Phi) is 7.75. The molecule has 0 aromatic heterocycles. The number of halogens is 2. The van der Waals surface area contributed by atoms with Gasteiger partial charge in [-0.1, -0.05) is 46.9 Å². The number of carboxylic acid groups (broad SMARTS) is 1. The van der Waals surface area contributed by atoms with Crippen molar-refractivity contribution in [1.29, 1.82) is 0 Å². The van der Waals surface area contributed by atoms with Crippen LogP contribution in [0.15, 0.2) is 22.7 Å². The fraction of sp³-hybridized carbons (Fsp3) is 0.556. The highest BCUT2D eigenvalue weighted by molar-refractivity contribution is 9.10. The Hall–Kier alpha value is -1.27. The van der Waals surface area contributed by atoms with Crippen molar-refractivity contribution in [3.05, 3.63) is 33.3 Å². The number of aliphatic carboxylic acids is 1. The Morgan fingerprint density at radius 3 is 2.40 bits per heavy atom. The molecule has 2 N–H and O–H groups in total. The second-order valence-electron chi connectivity index (χ2n) is 7.00. The van der Waals surface area contributed by atoms with E-state index in [-0.39, 0.29) is 6.42 Å². The molecule has 0 aliphatic rings. The third kappa shape index (κ3) is 6.86. The van der Waals surface area contributed by atoms with E-state index in [9.17, 15) is 14.7 Å². The average molecular weight is 435 g/mol. The zero-order chi connectivity index (χ0) is 19.3. The van der Waals surface area contributed by atoms with Crippen LogP contribution >= 0.6 is 27.5 Å². The van der Waals surface area contributed by atoms with Crippen LogP contribution in [0.2, 0.25) is 5.02 Å². The molecule has 1 rings (SSSR count). The number of aryl methyl sites for hydroxylation is 1. The van der Waals surface area contributed by atoms with Crippen molar-refractivity contribution in [3.8, 4) is 0 Å². The van der Waals surface area contributed by atoms with Crippen molar-refractivity contribution in [1.82, 2.24) is 5.32 Å². The molecule has 0 saturated heterocycles. The highest BCUT2D eigenvalue weighted by Crippen LogP contribution is 2.27. The summed E-state index contributed by atoms with van der Waals surface area (Å²) in [4.78, 5) is 24.1. The van der Waals surface area contributed by atoms with Gasteiger partial charge in [-0.3, -0.25) is 0 Å². The normalized spacial score (nSPS) is 13.8. The fourth-order valence-electron chi connectivity index (χ4n) is 2.52. The van der Waals surface area contributed by atoms with Crippen molar-refractivity contribution in [2.45, 2.75) is 64.5 Å². The second kappa shape index (κ2) is 8.90. The molecule has 140 valence electrons. The van der Waals surface area contributed by atoms with Crippen LogP contribution in [0, 0.1) is 0 Å². The van der Waals surface area contributed by atoms with E-state index in [1.54, 1.807) is 26.8 Å². The lowest BCUT2D eigenvalue weighted by Gasteiger charge is -2.32. The Bertz CT molecular complexity index is 630. The molecule has 0 spiro atoms. The van der Waals surface area contributed by atoms with Crippen molar-refractivity contribution in [3.63, 3.8) is 0 Å². The van der Waals surface area contributed by atoms with Crippen LogP contribution < -0.4 is 5.32 Å². The summed E-state index contributed by atoms with van der Waals surface area (Å²) in [6, 6.07) is 5.46. The van der Waals surface area contributed by atoms with Crippen molar-refractivity contribution < 1.29 is 19.4 Å². The van der Waals surface area contributed by atoms with Gasteiger partial charge in [-0.05, 0) is 57.7 Å². The summed E-state index contributed by atoms with van der Waals surface area (Å²) in [6.07, 6.45) is 0.821. The number of hydrogen-bond donors (Lipinski definition) is 2. The predicted octanol–water partition coefficient (Wildman–Crippen LogP) is 5.18. The maximum atomic E-state index is 12.1. The molecule has 1 atom stereocenters. The number of amides is 1. The lowest BCUT2D eigenvalue weighted by atomic mass is 9.87. The van der Waals surface area contributed by atoms with Gasteiger partial charge in [-0.15, -0.1) is 0 Å². The molecular weight excluding hydrogens is 410 g/mol. The van der Waals surface area contributed by atoms with Gasteiger partial charge in [0.15, 0.2) is 0 Å². The van der Waals surface area contributed by atoms with Crippen LogP contribution in [-0.4, -0.2) is 28.3 Å². The van der Waals surface area contributed by atoms with Crippen LogP contribution in [0.25, 0.3) is 0 Å². The first kappa shape index (κ1) is 21.8. The van der Waals surface area contributed by atoms with Crippen molar-refractivity contribution >= 4 is 39.6 Å². The third-order valence-electron chi connectivity index (χ3n) is 3.66. The molecule has 0 unspecified atom stereocenters. The van der Waals surface area contributed by atoms with Gasteiger partial charge >= 0.3 is 12.1 Å². The minimum absolute atomic E-state index is 0.219. The Morgan fingerprint density at radius 1 is 1.28 bits per heavy atom. The number of carbonyl (C=O) groups excluding carboxylic acids is 1. The van der Waals surface area contributed by atoms with Gasteiger partial charge in [-0.25, -0.2) is 9.59 Å². The van der Waals surface area contributed by atoms with E-state index in [1.807, 2.05) is 19.1 Å². The molecule has 1 aromatic rings. The van der Waals surface area contributed by atoms with Gasteiger partial charge < -0.3 is 15.2 Å². The lowest BCUT2D eigenvalue weighted by molar-refractivity contribution is -0.145. The SMILES string of the molecule is CCC[C@@](CCc1ccc(Br)cc1Cl)(NC(=O)OC(C)(C)C)C(=O)O. The zero-order valence-electron chi connectivity index (χ0n) is 15.0. The lowest BCUT2D eigenvalue weighted by Crippen LogP contribution is -2.55. The molecule has 0 radical (unpaired) electrons. The molecule has 1 amide bonds. The van der Waals surface area contributed by atoms with Crippen molar-refractivity contribution in [2.24, 2.45) is 0 Å². The van der Waals surface area contributed by atoms with E-state index < -0.39 is 23.2 Å². The summed E-state index contributed by atoms with van der Waals surface area (Å²) in [5, 5.41) is 12.9. The molecular formula is C18H25BrClNO4. The van der Waals surface area contributed by atoms with Crippen LogP contribution in [0.4, 0.5) is 4.79 Å². The Balaban J connectivity index is 2.98. The largest absolute Gasteiger partial charge is 0.480 e. The van der Waals surface area contributed by atoms with E-state index in [0.29, 0.717) is 24.3 Å². The van der Waals surface area contributed by atoms with Gasteiger partial charge in [-0.2, -0.15) is 0 Å². The van der Waals surface area contributed by atoms with E-state index >= 15 is 0 Å². The van der Waals surface area contributed by atoms with E-state index in [2.05, 4.69) is 21.2 Å². The number of alkyl carbamates (subject to hydrolysis) is 1.